The number of aryl methyl sites for hydroxylation is 2. The molecule has 300 valence electrons. The van der Waals surface area contributed by atoms with E-state index in [1.807, 2.05) is 116 Å². The molecule has 5 aromatic carbocycles. The van der Waals surface area contributed by atoms with Crippen molar-refractivity contribution in [2.75, 3.05) is 5.75 Å². The van der Waals surface area contributed by atoms with E-state index in [2.05, 4.69) is 33.2 Å². The molecule has 0 unspecified atom stereocenters. The van der Waals surface area contributed by atoms with E-state index in [-0.39, 0.29) is 42.6 Å². The number of sulfonamides is 1. The van der Waals surface area contributed by atoms with Gasteiger partial charge in [-0.15, -0.1) is 10.2 Å². The molecule has 1 saturated heterocycles. The van der Waals surface area contributed by atoms with Gasteiger partial charge in [0.1, 0.15) is 12.4 Å². The Morgan fingerprint density at radius 1 is 0.845 bits per heavy atom. The van der Waals surface area contributed by atoms with Gasteiger partial charge in [0.05, 0.1) is 23.7 Å². The minimum absolute atomic E-state index is 0.0113. The molecule has 0 bridgehead atoms. The zero-order chi connectivity index (χ0) is 40.6. The fraction of sp³-hybridized carbons (Fsp3) is 0.267. The summed E-state index contributed by atoms with van der Waals surface area (Å²) in [6.07, 6.45) is 0.768. The van der Waals surface area contributed by atoms with Gasteiger partial charge in [-0.2, -0.15) is 4.72 Å². The third kappa shape index (κ3) is 10.1. The second-order valence-corrected chi connectivity index (χ2v) is 17.3. The molecule has 5 atom stereocenters. The van der Waals surface area contributed by atoms with Gasteiger partial charge in [0, 0.05) is 30.8 Å². The molecule has 1 aliphatic heterocycles. The first-order valence-electron chi connectivity index (χ1n) is 19.1. The van der Waals surface area contributed by atoms with Gasteiger partial charge in [-0.05, 0) is 71.0 Å². The molecule has 0 aliphatic carbocycles. The number of amides is 1. The minimum Gasteiger partial charge on any atom is -0.392 e. The molecule has 58 heavy (non-hydrogen) atoms. The maximum atomic E-state index is 13.7. The number of nitrogens with zero attached hydrogens (tertiary/aromatic N) is 3. The molecule has 2 heterocycles. The molecule has 7 rings (SSSR count). The van der Waals surface area contributed by atoms with E-state index in [0.717, 1.165) is 49.7 Å². The van der Waals surface area contributed by atoms with Gasteiger partial charge in [0.2, 0.25) is 15.9 Å². The third-order valence-electron chi connectivity index (χ3n) is 10.3. The normalized spacial score (nSPS) is 18.8. The van der Waals surface area contributed by atoms with Crippen molar-refractivity contribution in [3.05, 3.63) is 167 Å². The Morgan fingerprint density at radius 2 is 1.55 bits per heavy atom. The largest absolute Gasteiger partial charge is 0.392 e. The molecular weight excluding hydrogens is 771 g/mol. The van der Waals surface area contributed by atoms with E-state index in [0.29, 0.717) is 5.75 Å². The van der Waals surface area contributed by atoms with Crippen LogP contribution in [0.3, 0.4) is 0 Å². The highest BCUT2D eigenvalue weighted by atomic mass is 32.2. The number of rotatable bonds is 15. The molecule has 3 N–H and O–H groups in total. The van der Waals surface area contributed by atoms with E-state index in [4.69, 9.17) is 9.47 Å². The van der Waals surface area contributed by atoms with Gasteiger partial charge >= 0.3 is 0 Å². The van der Waals surface area contributed by atoms with Crippen molar-refractivity contribution in [3.63, 3.8) is 0 Å². The lowest BCUT2D eigenvalue weighted by Gasteiger charge is -2.41. The monoisotopic (exact) mass is 817 g/mol. The van der Waals surface area contributed by atoms with E-state index in [1.165, 1.54) is 12.1 Å². The summed E-state index contributed by atoms with van der Waals surface area (Å²) in [5, 5.41) is 21.7. The van der Waals surface area contributed by atoms with Crippen LogP contribution in [0.4, 0.5) is 0 Å². The van der Waals surface area contributed by atoms with Gasteiger partial charge in [0.25, 0.3) is 0 Å². The van der Waals surface area contributed by atoms with E-state index in [9.17, 15) is 18.3 Å². The second-order valence-electron chi connectivity index (χ2n) is 14.6. The maximum absolute atomic E-state index is 13.7. The van der Waals surface area contributed by atoms with Crippen molar-refractivity contribution in [2.24, 2.45) is 13.0 Å². The Kier molecular flexibility index (Phi) is 13.2. The topological polar surface area (TPSA) is 145 Å². The van der Waals surface area contributed by atoms with Crippen LogP contribution < -0.4 is 10.0 Å². The number of carbonyl (C=O) groups excluding carboxylic acids is 1. The van der Waals surface area contributed by atoms with Crippen molar-refractivity contribution in [2.45, 2.75) is 68.0 Å². The summed E-state index contributed by atoms with van der Waals surface area (Å²) >= 11 is 1.59. The standard InChI is InChI=1S/C45H47N5O6S2/c1-30-15-21-39(22-16-30)58(53,54)49-40(24-32-9-5-4-6-10-32)43(52)46-26-34-11-7-12-36(23-34)37-13-8-14-38(25-37)44-55-41(28-57-45-48-47-29-50(45)3)31(2)42(56-44)35-19-17-33(27-51)18-20-35/h4-23,25,29,31,40-42,44,49,51H,24,26-28H2,1-3H3,(H,46,52)/t31-,40-,41+,42+,44+/m1/s1. The van der Waals surface area contributed by atoms with Crippen molar-refractivity contribution in [1.82, 2.24) is 24.8 Å². The van der Waals surface area contributed by atoms with Gasteiger partial charge in [-0.3, -0.25) is 4.79 Å². The summed E-state index contributed by atoms with van der Waals surface area (Å²) in [5.74, 6) is 0.226. The van der Waals surface area contributed by atoms with Crippen LogP contribution in [0.15, 0.2) is 144 Å². The minimum atomic E-state index is -3.97. The summed E-state index contributed by atoms with van der Waals surface area (Å²) < 4.78 is 44.7. The van der Waals surface area contributed by atoms with Gasteiger partial charge < -0.3 is 24.5 Å². The summed E-state index contributed by atoms with van der Waals surface area (Å²) in [7, 11) is -2.06. The molecule has 1 amide bonds. The quantitative estimate of drug-likeness (QED) is 0.0928. The number of benzene rings is 5. The molecule has 13 heteroatoms. The van der Waals surface area contributed by atoms with Crippen LogP contribution in [0.25, 0.3) is 11.1 Å². The second kappa shape index (κ2) is 18.6. The highest BCUT2D eigenvalue weighted by molar-refractivity contribution is 7.99. The lowest BCUT2D eigenvalue weighted by Crippen LogP contribution is -2.47. The van der Waals surface area contributed by atoms with Crippen LogP contribution in [-0.4, -0.2) is 52.1 Å². The van der Waals surface area contributed by atoms with Crippen molar-refractivity contribution in [1.29, 1.82) is 0 Å². The number of nitrogens with one attached hydrogen (secondary N) is 2. The first kappa shape index (κ1) is 41.0. The number of aliphatic hydroxyl groups excluding tert-OH is 1. The number of aliphatic hydroxyl groups is 1. The Bertz CT molecular complexity index is 2410. The Hall–Kier alpha value is -5.15. The number of ether oxygens (including phenoxy) is 2. The first-order chi connectivity index (χ1) is 28.1. The zero-order valence-corrected chi connectivity index (χ0v) is 34.2. The zero-order valence-electron chi connectivity index (χ0n) is 32.6. The van der Waals surface area contributed by atoms with Crippen LogP contribution in [0.2, 0.25) is 0 Å². The molecular formula is C45H47N5O6S2. The summed E-state index contributed by atoms with van der Waals surface area (Å²) in [6.45, 7) is 4.18. The summed E-state index contributed by atoms with van der Waals surface area (Å²) in [5.41, 5.74) is 7.19. The average molecular weight is 818 g/mol. The van der Waals surface area contributed by atoms with E-state index in [1.54, 1.807) is 30.2 Å². The van der Waals surface area contributed by atoms with Crippen LogP contribution in [0.1, 0.15) is 52.7 Å². The van der Waals surface area contributed by atoms with Crippen LogP contribution >= 0.6 is 11.8 Å². The lowest BCUT2D eigenvalue weighted by molar-refractivity contribution is -0.268. The fourth-order valence-electron chi connectivity index (χ4n) is 6.92. The first-order valence-corrected chi connectivity index (χ1v) is 21.6. The third-order valence-corrected chi connectivity index (χ3v) is 12.9. The molecule has 6 aromatic rings. The summed E-state index contributed by atoms with van der Waals surface area (Å²) in [6, 6.07) is 38.6. The van der Waals surface area contributed by atoms with Gasteiger partial charge in [-0.25, -0.2) is 8.42 Å². The molecule has 0 spiro atoms. The lowest BCUT2D eigenvalue weighted by atomic mass is 9.91. The molecule has 1 aliphatic rings. The highest BCUT2D eigenvalue weighted by Gasteiger charge is 2.38. The number of carbonyl (C=O) groups is 1. The number of hydrogen-bond acceptors (Lipinski definition) is 9. The number of aromatic nitrogens is 3. The molecule has 1 fully saturated rings. The van der Waals surface area contributed by atoms with Crippen LogP contribution in [0, 0.1) is 12.8 Å². The van der Waals surface area contributed by atoms with Crippen molar-refractivity contribution < 1.29 is 27.8 Å². The smallest absolute Gasteiger partial charge is 0.241 e. The molecule has 1 aromatic heterocycles. The van der Waals surface area contributed by atoms with Crippen LogP contribution in [-0.2, 0) is 50.9 Å². The maximum Gasteiger partial charge on any atom is 0.241 e. The predicted octanol–water partition coefficient (Wildman–Crippen LogP) is 7.07. The summed E-state index contributed by atoms with van der Waals surface area (Å²) in [4.78, 5) is 13.8. The molecule has 11 nitrogen and oxygen atoms in total. The fourth-order valence-corrected chi connectivity index (χ4v) is 9.16. The van der Waals surface area contributed by atoms with Crippen molar-refractivity contribution in [3.8, 4) is 11.1 Å². The highest BCUT2D eigenvalue weighted by Crippen LogP contribution is 2.43. The van der Waals surface area contributed by atoms with E-state index >= 15 is 0 Å². The van der Waals surface area contributed by atoms with E-state index < -0.39 is 28.3 Å². The van der Waals surface area contributed by atoms with Crippen molar-refractivity contribution >= 4 is 27.7 Å². The Labute approximate surface area is 343 Å². The number of thioether (sulfide) groups is 1. The number of hydrogen-bond donors (Lipinski definition) is 3. The molecule has 0 radical (unpaired) electrons. The predicted molar refractivity (Wildman–Crippen MR) is 224 cm³/mol. The Morgan fingerprint density at radius 3 is 2.26 bits per heavy atom. The van der Waals surface area contributed by atoms with Gasteiger partial charge in [0.15, 0.2) is 11.4 Å². The Balaban J connectivity index is 1.08. The van der Waals surface area contributed by atoms with Crippen LogP contribution in [0.5, 0.6) is 0 Å². The molecule has 0 saturated carbocycles. The van der Waals surface area contributed by atoms with Gasteiger partial charge in [-0.1, -0.05) is 127 Å². The SMILES string of the molecule is Cc1ccc(S(=O)(=O)N[C@H](Cc2ccccc2)C(=O)NCc2cccc(-c3cccc([C@H]4O[C@@H](CSc5nncn5C)[C@@H](C)[C@@H](c5ccc(CO)cc5)O4)c3)c2)cc1. The average Bonchev–Trinajstić information content (AvgIpc) is 3.66.